The molecule has 0 saturated carbocycles. The topological polar surface area (TPSA) is 71.5 Å². The van der Waals surface area contributed by atoms with Crippen molar-refractivity contribution in [3.8, 4) is 0 Å². The number of cyclic esters (lactones) is 1. The lowest BCUT2D eigenvalue weighted by atomic mass is 10.3. The fourth-order valence-corrected chi connectivity index (χ4v) is 1.69. The quantitative estimate of drug-likeness (QED) is 0.778. The lowest BCUT2D eigenvalue weighted by molar-refractivity contribution is 0.0947. The highest BCUT2D eigenvalue weighted by Gasteiger charge is 2.20. The number of nitrogens with zero attached hydrogens (tertiary/aromatic N) is 2. The predicted octanol–water partition coefficient (Wildman–Crippen LogP) is 0.654. The Kier molecular flexibility index (Phi) is 4.11. The van der Waals surface area contributed by atoms with E-state index >= 15 is 0 Å². The van der Waals surface area contributed by atoms with Crippen molar-refractivity contribution in [2.75, 3.05) is 26.2 Å². The number of hydrogen-bond donors (Lipinski definition) is 1. The van der Waals surface area contributed by atoms with E-state index in [0.29, 0.717) is 38.4 Å². The van der Waals surface area contributed by atoms with Crippen molar-refractivity contribution in [2.45, 2.75) is 6.42 Å². The summed E-state index contributed by atoms with van der Waals surface area (Å²) in [5.74, 6) is -0.195. The Hall–Kier alpha value is -2.11. The van der Waals surface area contributed by atoms with Crippen LogP contribution in [0.15, 0.2) is 24.4 Å². The van der Waals surface area contributed by atoms with E-state index in [1.807, 2.05) is 0 Å². The second-order valence-electron chi connectivity index (χ2n) is 3.93. The Morgan fingerprint density at radius 2 is 2.39 bits per heavy atom. The molecule has 0 spiro atoms. The van der Waals surface area contributed by atoms with E-state index in [1.165, 1.54) is 0 Å². The maximum absolute atomic E-state index is 11.6. The van der Waals surface area contributed by atoms with Crippen molar-refractivity contribution in [3.05, 3.63) is 30.1 Å². The van der Waals surface area contributed by atoms with Gasteiger partial charge in [0.25, 0.3) is 5.91 Å². The van der Waals surface area contributed by atoms with Crippen LogP contribution in [-0.2, 0) is 4.74 Å². The van der Waals surface area contributed by atoms with Crippen LogP contribution >= 0.6 is 0 Å². The van der Waals surface area contributed by atoms with Crippen LogP contribution in [-0.4, -0.2) is 48.1 Å². The van der Waals surface area contributed by atoms with E-state index < -0.39 is 0 Å². The molecule has 6 heteroatoms. The van der Waals surface area contributed by atoms with Gasteiger partial charge in [0.05, 0.1) is 6.54 Å². The molecular weight excluding hydrogens is 234 g/mol. The van der Waals surface area contributed by atoms with Gasteiger partial charge >= 0.3 is 6.09 Å². The van der Waals surface area contributed by atoms with Crippen molar-refractivity contribution >= 4 is 12.0 Å². The van der Waals surface area contributed by atoms with Crippen molar-refractivity contribution < 1.29 is 14.3 Å². The SMILES string of the molecule is O=C(NCCCN1CCOC1=O)c1ccccn1. The van der Waals surface area contributed by atoms with E-state index in [1.54, 1.807) is 29.3 Å². The summed E-state index contributed by atoms with van der Waals surface area (Å²) < 4.78 is 4.80. The molecule has 1 N–H and O–H groups in total. The van der Waals surface area contributed by atoms with Gasteiger partial charge in [0.2, 0.25) is 0 Å². The number of pyridine rings is 1. The molecule has 6 nitrogen and oxygen atoms in total. The molecule has 2 amide bonds. The summed E-state index contributed by atoms with van der Waals surface area (Å²) >= 11 is 0. The smallest absolute Gasteiger partial charge is 0.409 e. The van der Waals surface area contributed by atoms with Gasteiger partial charge in [0.1, 0.15) is 12.3 Å². The van der Waals surface area contributed by atoms with E-state index in [-0.39, 0.29) is 12.0 Å². The highest BCUT2D eigenvalue weighted by molar-refractivity contribution is 5.92. The van der Waals surface area contributed by atoms with Crippen molar-refractivity contribution in [3.63, 3.8) is 0 Å². The average molecular weight is 249 g/mol. The highest BCUT2D eigenvalue weighted by Crippen LogP contribution is 2.03. The molecule has 1 aromatic rings. The van der Waals surface area contributed by atoms with E-state index in [0.717, 1.165) is 0 Å². The largest absolute Gasteiger partial charge is 0.448 e. The van der Waals surface area contributed by atoms with Gasteiger partial charge in [-0.05, 0) is 18.6 Å². The molecule has 0 unspecified atom stereocenters. The number of nitrogens with one attached hydrogen (secondary N) is 1. The molecule has 1 aliphatic rings. The minimum absolute atomic E-state index is 0.195. The summed E-state index contributed by atoms with van der Waals surface area (Å²) in [5.41, 5.74) is 0.401. The maximum Gasteiger partial charge on any atom is 0.409 e. The molecule has 1 fully saturated rings. The van der Waals surface area contributed by atoms with Crippen molar-refractivity contribution in [2.24, 2.45) is 0 Å². The van der Waals surface area contributed by atoms with Crippen LogP contribution in [0, 0.1) is 0 Å². The zero-order chi connectivity index (χ0) is 12.8. The molecule has 1 aromatic heterocycles. The van der Waals surface area contributed by atoms with E-state index in [2.05, 4.69) is 10.3 Å². The molecule has 0 bridgehead atoms. The number of hydrogen-bond acceptors (Lipinski definition) is 4. The zero-order valence-corrected chi connectivity index (χ0v) is 9.96. The summed E-state index contributed by atoms with van der Waals surface area (Å²) in [5, 5.41) is 2.76. The maximum atomic E-state index is 11.6. The van der Waals surface area contributed by atoms with Gasteiger partial charge in [-0.15, -0.1) is 0 Å². The van der Waals surface area contributed by atoms with Crippen LogP contribution in [0.4, 0.5) is 4.79 Å². The number of carbonyl (C=O) groups excluding carboxylic acids is 2. The molecule has 0 aromatic carbocycles. The molecular formula is C12H15N3O3. The molecule has 0 radical (unpaired) electrons. The summed E-state index contributed by atoms with van der Waals surface area (Å²) in [6, 6.07) is 5.19. The molecule has 2 heterocycles. The first-order valence-electron chi connectivity index (χ1n) is 5.88. The van der Waals surface area contributed by atoms with Crippen LogP contribution in [0.3, 0.4) is 0 Å². The zero-order valence-electron chi connectivity index (χ0n) is 9.96. The monoisotopic (exact) mass is 249 g/mol. The molecule has 2 rings (SSSR count). The standard InChI is InChI=1S/C12H15N3O3/c16-11(10-4-1-2-5-13-10)14-6-3-7-15-8-9-18-12(15)17/h1-2,4-5H,3,6-9H2,(H,14,16). The van der Waals surface area contributed by atoms with Gasteiger partial charge in [0.15, 0.2) is 0 Å². The molecule has 1 aliphatic heterocycles. The second kappa shape index (κ2) is 6.00. The van der Waals surface area contributed by atoms with Gasteiger partial charge in [-0.25, -0.2) is 4.79 Å². The average Bonchev–Trinajstić information content (AvgIpc) is 2.81. The van der Waals surface area contributed by atoms with Gasteiger partial charge in [-0.1, -0.05) is 6.07 Å². The molecule has 1 saturated heterocycles. The first-order chi connectivity index (χ1) is 8.77. The normalized spacial score (nSPS) is 14.4. The van der Waals surface area contributed by atoms with Gasteiger partial charge in [-0.2, -0.15) is 0 Å². The first kappa shape index (κ1) is 12.3. The number of ether oxygens (including phenoxy) is 1. The third-order valence-electron chi connectivity index (χ3n) is 2.63. The second-order valence-corrected chi connectivity index (χ2v) is 3.93. The molecule has 0 aliphatic carbocycles. The lowest BCUT2D eigenvalue weighted by Gasteiger charge is -2.12. The fourth-order valence-electron chi connectivity index (χ4n) is 1.69. The predicted molar refractivity (Wildman–Crippen MR) is 64.1 cm³/mol. The number of amides is 2. The van der Waals surface area contributed by atoms with Gasteiger partial charge < -0.3 is 15.0 Å². The summed E-state index contributed by atoms with van der Waals surface area (Å²) in [6.07, 6.45) is 2.01. The van der Waals surface area contributed by atoms with Gasteiger partial charge in [-0.3, -0.25) is 9.78 Å². The Labute approximate surface area is 105 Å². The summed E-state index contributed by atoms with van der Waals surface area (Å²) in [6.45, 7) is 2.20. The third-order valence-corrected chi connectivity index (χ3v) is 2.63. The minimum Gasteiger partial charge on any atom is -0.448 e. The summed E-state index contributed by atoms with van der Waals surface area (Å²) in [7, 11) is 0. The van der Waals surface area contributed by atoms with E-state index in [4.69, 9.17) is 4.74 Å². The highest BCUT2D eigenvalue weighted by atomic mass is 16.6. The van der Waals surface area contributed by atoms with Crippen LogP contribution in [0.2, 0.25) is 0 Å². The lowest BCUT2D eigenvalue weighted by Crippen LogP contribution is -2.30. The van der Waals surface area contributed by atoms with Gasteiger partial charge in [0, 0.05) is 19.3 Å². The van der Waals surface area contributed by atoms with Crippen LogP contribution in [0.25, 0.3) is 0 Å². The number of rotatable bonds is 5. The Morgan fingerprint density at radius 3 is 3.06 bits per heavy atom. The Bertz CT molecular complexity index is 422. The van der Waals surface area contributed by atoms with Crippen molar-refractivity contribution in [1.82, 2.24) is 15.2 Å². The number of carbonyl (C=O) groups is 2. The molecule has 96 valence electrons. The van der Waals surface area contributed by atoms with Crippen LogP contribution < -0.4 is 5.32 Å². The molecule has 0 atom stereocenters. The molecule has 18 heavy (non-hydrogen) atoms. The Balaban J connectivity index is 1.66. The Morgan fingerprint density at radius 1 is 1.50 bits per heavy atom. The van der Waals surface area contributed by atoms with Crippen molar-refractivity contribution in [1.29, 1.82) is 0 Å². The third kappa shape index (κ3) is 3.19. The number of aromatic nitrogens is 1. The van der Waals surface area contributed by atoms with E-state index in [9.17, 15) is 9.59 Å². The first-order valence-corrected chi connectivity index (χ1v) is 5.88. The van der Waals surface area contributed by atoms with Crippen LogP contribution in [0.1, 0.15) is 16.9 Å². The minimum atomic E-state index is -0.272. The summed E-state index contributed by atoms with van der Waals surface area (Å²) in [4.78, 5) is 28.3. The fraction of sp³-hybridized carbons (Fsp3) is 0.417. The van der Waals surface area contributed by atoms with Crippen LogP contribution in [0.5, 0.6) is 0 Å².